The Hall–Kier alpha value is -3.06. The minimum Gasteiger partial charge on any atom is -0.386 e. The molecule has 0 aliphatic rings. The van der Waals surface area contributed by atoms with Gasteiger partial charge in [0.05, 0.1) is 17.1 Å². The fraction of sp³-hybridized carbons (Fsp3) is 0.0625. The van der Waals surface area contributed by atoms with E-state index >= 15 is 0 Å². The molecule has 2 aromatic rings. The van der Waals surface area contributed by atoms with Crippen LogP contribution in [0.4, 0.5) is 16.2 Å². The quantitative estimate of drug-likeness (QED) is 0.295. The van der Waals surface area contributed by atoms with Gasteiger partial charge in [-0.3, -0.25) is 10.2 Å². The van der Waals surface area contributed by atoms with Crippen molar-refractivity contribution in [3.05, 3.63) is 60.2 Å². The fourth-order valence-electron chi connectivity index (χ4n) is 1.81. The zero-order valence-corrected chi connectivity index (χ0v) is 13.4. The molecular weight excluding hydrogens is 330 g/mol. The number of rotatable bonds is 4. The number of para-hydroxylation sites is 2. The van der Waals surface area contributed by atoms with E-state index in [2.05, 4.69) is 21.2 Å². The van der Waals surface area contributed by atoms with Gasteiger partial charge in [-0.1, -0.05) is 30.3 Å². The van der Waals surface area contributed by atoms with Crippen LogP contribution < -0.4 is 21.9 Å². The van der Waals surface area contributed by atoms with E-state index in [9.17, 15) is 9.59 Å². The zero-order valence-electron chi connectivity index (χ0n) is 12.6. The lowest BCUT2D eigenvalue weighted by atomic mass is 10.1. The van der Waals surface area contributed by atoms with Crippen LogP contribution in [-0.4, -0.2) is 23.7 Å². The second kappa shape index (κ2) is 8.54. The number of aliphatic imine (C=N–C) groups is 1. The Balaban J connectivity index is 1.99. The predicted octanol–water partition coefficient (Wildman–Crippen LogP) is 2.38. The van der Waals surface area contributed by atoms with Gasteiger partial charge in [-0.05, 0) is 24.3 Å². The molecule has 2 rings (SSSR count). The van der Waals surface area contributed by atoms with Crippen molar-refractivity contribution in [2.45, 2.75) is 0 Å². The molecule has 0 spiro atoms. The van der Waals surface area contributed by atoms with Crippen molar-refractivity contribution < 1.29 is 9.59 Å². The first-order chi connectivity index (χ1) is 11.6. The molecule has 5 N–H and O–H groups in total. The summed E-state index contributed by atoms with van der Waals surface area (Å²) in [5.41, 5.74) is 11.4. The summed E-state index contributed by atoms with van der Waals surface area (Å²) in [6, 6.07) is 14.8. The number of hydrogen-bond donors (Lipinski definition) is 4. The summed E-state index contributed by atoms with van der Waals surface area (Å²) in [6.45, 7) is 0. The third-order valence-electron chi connectivity index (χ3n) is 2.87. The molecule has 7 nitrogen and oxygen atoms in total. The maximum absolute atomic E-state index is 12.2. The molecule has 0 radical (unpaired) electrons. The highest BCUT2D eigenvalue weighted by Crippen LogP contribution is 2.18. The number of nitrogens with one attached hydrogen (secondary N) is 3. The summed E-state index contributed by atoms with van der Waals surface area (Å²) >= 11 is 5.59. The van der Waals surface area contributed by atoms with Crippen LogP contribution in [0.25, 0.3) is 0 Å². The van der Waals surface area contributed by atoms with Crippen LogP contribution in [0.2, 0.25) is 0 Å². The highest BCUT2D eigenvalue weighted by molar-refractivity contribution is 6.28. The minimum atomic E-state index is -0.573. The number of halogens is 1. The summed E-state index contributed by atoms with van der Waals surface area (Å²) < 4.78 is 0. The molecule has 0 heterocycles. The molecule has 0 atom stereocenters. The Kier molecular flexibility index (Phi) is 6.16. The Morgan fingerprint density at radius 1 is 1.00 bits per heavy atom. The first-order valence-electron chi connectivity index (χ1n) is 7.00. The van der Waals surface area contributed by atoms with Crippen molar-refractivity contribution in [1.29, 1.82) is 0 Å². The van der Waals surface area contributed by atoms with Gasteiger partial charge in [-0.2, -0.15) is 0 Å². The second-order valence-corrected chi connectivity index (χ2v) is 4.92. The molecule has 24 heavy (non-hydrogen) atoms. The van der Waals surface area contributed by atoms with Gasteiger partial charge in [0.2, 0.25) is 0 Å². The molecule has 3 amide bonds. The fourth-order valence-corrected chi connectivity index (χ4v) is 1.87. The SMILES string of the molecule is NC(CCl)=Nc1ccccc1C(=O)NNC(=O)Nc1ccccc1. The average molecular weight is 346 g/mol. The highest BCUT2D eigenvalue weighted by Gasteiger charge is 2.11. The molecule has 124 valence electrons. The van der Waals surface area contributed by atoms with E-state index in [1.807, 2.05) is 6.07 Å². The van der Waals surface area contributed by atoms with E-state index in [1.54, 1.807) is 48.5 Å². The molecule has 0 unspecified atom stereocenters. The highest BCUT2D eigenvalue weighted by atomic mass is 35.5. The third kappa shape index (κ3) is 4.99. The van der Waals surface area contributed by atoms with Gasteiger partial charge < -0.3 is 11.1 Å². The number of hydrogen-bond acceptors (Lipinski definition) is 3. The van der Waals surface area contributed by atoms with E-state index in [0.29, 0.717) is 11.4 Å². The van der Waals surface area contributed by atoms with Gasteiger partial charge >= 0.3 is 6.03 Å². The van der Waals surface area contributed by atoms with E-state index < -0.39 is 11.9 Å². The van der Waals surface area contributed by atoms with Crippen molar-refractivity contribution >= 4 is 40.7 Å². The van der Waals surface area contributed by atoms with Crippen molar-refractivity contribution in [2.75, 3.05) is 11.2 Å². The molecule has 0 aliphatic carbocycles. The Bertz CT molecular complexity index is 749. The number of alkyl halides is 1. The van der Waals surface area contributed by atoms with Crippen LogP contribution >= 0.6 is 11.6 Å². The largest absolute Gasteiger partial charge is 0.386 e. The number of benzene rings is 2. The first-order valence-corrected chi connectivity index (χ1v) is 7.54. The lowest BCUT2D eigenvalue weighted by Gasteiger charge is -2.10. The van der Waals surface area contributed by atoms with E-state index in [1.165, 1.54) is 0 Å². The number of carbonyl (C=O) groups excluding carboxylic acids is 2. The molecule has 0 saturated heterocycles. The van der Waals surface area contributed by atoms with Gasteiger partial charge in [0.15, 0.2) is 0 Å². The van der Waals surface area contributed by atoms with Gasteiger partial charge in [0.25, 0.3) is 5.91 Å². The number of amidine groups is 1. The van der Waals surface area contributed by atoms with Crippen molar-refractivity contribution in [2.24, 2.45) is 10.7 Å². The number of amides is 3. The monoisotopic (exact) mass is 345 g/mol. The molecular formula is C16H16ClN5O2. The van der Waals surface area contributed by atoms with Gasteiger partial charge in [0, 0.05) is 5.69 Å². The number of nitrogens with two attached hydrogens (primary N) is 1. The molecule has 0 bridgehead atoms. The number of hydrazine groups is 1. The number of carbonyl (C=O) groups is 2. The van der Waals surface area contributed by atoms with E-state index in [-0.39, 0.29) is 17.3 Å². The van der Waals surface area contributed by atoms with Crippen molar-refractivity contribution in [3.8, 4) is 0 Å². The maximum Gasteiger partial charge on any atom is 0.337 e. The Morgan fingerprint density at radius 2 is 1.67 bits per heavy atom. The summed E-state index contributed by atoms with van der Waals surface area (Å²) in [5, 5.41) is 2.57. The third-order valence-corrected chi connectivity index (χ3v) is 3.14. The van der Waals surface area contributed by atoms with Crippen LogP contribution in [0, 0.1) is 0 Å². The Morgan fingerprint density at radius 3 is 2.38 bits per heavy atom. The predicted molar refractivity (Wildman–Crippen MR) is 94.5 cm³/mol. The van der Waals surface area contributed by atoms with Crippen LogP contribution in [0.1, 0.15) is 10.4 Å². The minimum absolute atomic E-state index is 0.0493. The number of anilines is 1. The van der Waals surface area contributed by atoms with Gasteiger partial charge in [-0.25, -0.2) is 15.2 Å². The molecule has 0 fully saturated rings. The average Bonchev–Trinajstić information content (AvgIpc) is 2.61. The summed E-state index contributed by atoms with van der Waals surface area (Å²) in [7, 11) is 0. The van der Waals surface area contributed by atoms with Gasteiger partial charge in [0.1, 0.15) is 5.84 Å². The summed E-state index contributed by atoms with van der Waals surface area (Å²) in [4.78, 5) is 28.0. The number of urea groups is 1. The van der Waals surface area contributed by atoms with E-state index in [4.69, 9.17) is 17.3 Å². The van der Waals surface area contributed by atoms with Crippen molar-refractivity contribution in [1.82, 2.24) is 10.9 Å². The Labute approximate surface area is 143 Å². The normalized spacial score (nSPS) is 10.8. The maximum atomic E-state index is 12.2. The molecule has 2 aromatic carbocycles. The van der Waals surface area contributed by atoms with Crippen molar-refractivity contribution in [3.63, 3.8) is 0 Å². The number of nitrogens with zero attached hydrogens (tertiary/aromatic N) is 1. The lowest BCUT2D eigenvalue weighted by Crippen LogP contribution is -2.43. The first kappa shape index (κ1) is 17.3. The lowest BCUT2D eigenvalue weighted by molar-refractivity contribution is 0.0938. The molecule has 0 saturated carbocycles. The van der Waals surface area contributed by atoms with Crippen LogP contribution in [0.3, 0.4) is 0 Å². The molecule has 8 heteroatoms. The van der Waals surface area contributed by atoms with Crippen LogP contribution in [0.15, 0.2) is 59.6 Å². The second-order valence-electron chi connectivity index (χ2n) is 4.65. The molecule has 0 aliphatic heterocycles. The standard InChI is InChI=1S/C16H16ClN5O2/c17-10-14(18)20-13-9-5-4-8-12(13)15(23)21-22-16(24)19-11-6-2-1-3-7-11/h1-9H,10H2,(H2,18,20)(H,21,23)(H2,19,22,24). The smallest absolute Gasteiger partial charge is 0.337 e. The summed E-state index contributed by atoms with van der Waals surface area (Å²) in [6.07, 6.45) is 0. The van der Waals surface area contributed by atoms with Gasteiger partial charge in [-0.15, -0.1) is 11.6 Å². The van der Waals surface area contributed by atoms with E-state index in [0.717, 1.165) is 0 Å². The summed E-state index contributed by atoms with van der Waals surface area (Å²) in [5.74, 6) is -0.292. The van der Waals surface area contributed by atoms with Crippen LogP contribution in [0.5, 0.6) is 0 Å². The zero-order chi connectivity index (χ0) is 17.4. The topological polar surface area (TPSA) is 109 Å². The molecule has 0 aromatic heterocycles. The van der Waals surface area contributed by atoms with Crippen LogP contribution in [-0.2, 0) is 0 Å².